The van der Waals surface area contributed by atoms with Crippen LogP contribution < -0.4 is 0 Å². The Morgan fingerprint density at radius 3 is 2.63 bits per heavy atom. The smallest absolute Gasteiger partial charge is 0.191 e. The zero-order valence-corrected chi connectivity index (χ0v) is 19.6. The van der Waals surface area contributed by atoms with Gasteiger partial charge >= 0.3 is 0 Å². The standard InChI is InChI=1S/C24H40O2Si/c1-16-10-11-18(15-26-27(6,7)22(2,3)4)19-13-12-17-9-8-14-23(5)20(17)21(23)24(16,19)25/h9-10,18-21,25H,8,11-15H2,1-7H3/t18-,19-,20+,21-,23+,24-/m1/s1. The second-order valence-electron chi connectivity index (χ2n) is 11.7. The first-order valence-electron chi connectivity index (χ1n) is 11.2. The molecule has 0 amide bonds. The number of aliphatic hydroxyl groups is 1. The summed E-state index contributed by atoms with van der Waals surface area (Å²) in [5.41, 5.74) is 2.62. The van der Waals surface area contributed by atoms with E-state index in [-0.39, 0.29) is 5.04 Å². The fraction of sp³-hybridized carbons (Fsp3) is 0.833. The molecule has 0 heterocycles. The molecule has 1 N–H and O–H groups in total. The molecule has 2 nitrogen and oxygen atoms in total. The summed E-state index contributed by atoms with van der Waals surface area (Å²) in [4.78, 5) is 0. The maximum absolute atomic E-state index is 12.2. The van der Waals surface area contributed by atoms with Crippen LogP contribution >= 0.6 is 0 Å². The monoisotopic (exact) mass is 388 g/mol. The Morgan fingerprint density at radius 1 is 1.26 bits per heavy atom. The van der Waals surface area contributed by atoms with Crippen molar-refractivity contribution in [3.05, 3.63) is 23.3 Å². The molecule has 0 unspecified atom stereocenters. The van der Waals surface area contributed by atoms with Crippen molar-refractivity contribution in [1.82, 2.24) is 0 Å². The van der Waals surface area contributed by atoms with E-state index in [1.807, 2.05) is 0 Å². The highest BCUT2D eigenvalue weighted by molar-refractivity contribution is 6.74. The molecule has 152 valence electrons. The molecule has 2 saturated carbocycles. The quantitative estimate of drug-likeness (QED) is 0.468. The van der Waals surface area contributed by atoms with Crippen molar-refractivity contribution in [2.75, 3.05) is 6.61 Å². The highest BCUT2D eigenvalue weighted by Crippen LogP contribution is 2.75. The fourth-order valence-corrected chi connectivity index (χ4v) is 7.56. The van der Waals surface area contributed by atoms with Gasteiger partial charge < -0.3 is 9.53 Å². The predicted molar refractivity (Wildman–Crippen MR) is 115 cm³/mol. The zero-order chi connectivity index (χ0) is 19.8. The summed E-state index contributed by atoms with van der Waals surface area (Å²) in [6, 6.07) is 0. The summed E-state index contributed by atoms with van der Waals surface area (Å²) in [5, 5.41) is 12.4. The van der Waals surface area contributed by atoms with Crippen LogP contribution in [0.25, 0.3) is 0 Å². The lowest BCUT2D eigenvalue weighted by molar-refractivity contribution is -0.0575. The lowest BCUT2D eigenvalue weighted by Gasteiger charge is -2.47. The average Bonchev–Trinajstić information content (AvgIpc) is 3.24. The lowest BCUT2D eigenvalue weighted by atomic mass is 9.64. The van der Waals surface area contributed by atoms with E-state index in [2.05, 4.69) is 59.9 Å². The molecule has 0 aromatic carbocycles. The summed E-state index contributed by atoms with van der Waals surface area (Å²) >= 11 is 0. The lowest BCUT2D eigenvalue weighted by Crippen LogP contribution is -2.51. The highest BCUT2D eigenvalue weighted by atomic mass is 28.4. The van der Waals surface area contributed by atoms with Crippen LogP contribution in [0.5, 0.6) is 0 Å². The normalized spacial score (nSPS) is 43.9. The Bertz CT molecular complexity index is 685. The number of rotatable bonds is 3. The minimum atomic E-state index is -1.76. The Hall–Kier alpha value is -0.383. The van der Waals surface area contributed by atoms with E-state index in [1.54, 1.807) is 5.57 Å². The predicted octanol–water partition coefficient (Wildman–Crippen LogP) is 6.09. The number of hydrogen-bond acceptors (Lipinski definition) is 2. The third-order valence-electron chi connectivity index (χ3n) is 9.31. The van der Waals surface area contributed by atoms with Crippen LogP contribution in [-0.4, -0.2) is 25.6 Å². The van der Waals surface area contributed by atoms with Crippen LogP contribution in [0.15, 0.2) is 23.3 Å². The average molecular weight is 389 g/mol. The van der Waals surface area contributed by atoms with Crippen molar-refractivity contribution >= 4 is 8.32 Å². The van der Waals surface area contributed by atoms with Gasteiger partial charge in [0.1, 0.15) is 0 Å². The summed E-state index contributed by atoms with van der Waals surface area (Å²) in [7, 11) is -1.76. The molecule has 0 saturated heterocycles. The Balaban J connectivity index is 1.61. The van der Waals surface area contributed by atoms with Crippen molar-refractivity contribution < 1.29 is 9.53 Å². The van der Waals surface area contributed by atoms with Crippen molar-refractivity contribution in [2.45, 2.75) is 90.5 Å². The number of fused-ring (bicyclic) bond motifs is 3. The molecule has 4 aliphatic carbocycles. The molecule has 3 heteroatoms. The Labute approximate surface area is 167 Å². The van der Waals surface area contributed by atoms with Gasteiger partial charge in [0.25, 0.3) is 0 Å². The fourth-order valence-electron chi connectivity index (χ4n) is 6.50. The highest BCUT2D eigenvalue weighted by Gasteiger charge is 2.73. The third kappa shape index (κ3) is 2.79. The van der Waals surface area contributed by atoms with E-state index in [0.29, 0.717) is 29.1 Å². The Kier molecular flexibility index (Phi) is 4.47. The summed E-state index contributed by atoms with van der Waals surface area (Å²) in [6.45, 7) is 17.1. The van der Waals surface area contributed by atoms with Gasteiger partial charge in [0, 0.05) is 12.5 Å². The number of allylic oxidation sites excluding steroid dienone is 3. The molecular weight excluding hydrogens is 348 g/mol. The summed E-state index contributed by atoms with van der Waals surface area (Å²) in [6.07, 6.45) is 10.7. The minimum Gasteiger partial charge on any atom is -0.417 e. The van der Waals surface area contributed by atoms with Crippen LogP contribution in [0.3, 0.4) is 0 Å². The number of hydrogen-bond donors (Lipinski definition) is 1. The van der Waals surface area contributed by atoms with Crippen LogP contribution in [-0.2, 0) is 4.43 Å². The van der Waals surface area contributed by atoms with Crippen LogP contribution in [0.4, 0.5) is 0 Å². The van der Waals surface area contributed by atoms with E-state index in [1.165, 1.54) is 24.8 Å². The van der Waals surface area contributed by atoms with Crippen molar-refractivity contribution in [3.63, 3.8) is 0 Å². The first-order valence-corrected chi connectivity index (χ1v) is 14.1. The SMILES string of the molecule is CC1=CC[C@H](CO[Si](C)(C)C(C)(C)C)[C@H]2CCC3=CCC[C@]4(C)[C@@H]([C@H]34)[C@@]12O. The van der Waals surface area contributed by atoms with Crippen LogP contribution in [0.2, 0.25) is 18.1 Å². The van der Waals surface area contributed by atoms with Gasteiger partial charge in [0.2, 0.25) is 0 Å². The molecule has 4 aliphatic rings. The molecule has 2 fully saturated rings. The van der Waals surface area contributed by atoms with Gasteiger partial charge in [0.15, 0.2) is 8.32 Å². The molecule has 6 atom stereocenters. The van der Waals surface area contributed by atoms with Gasteiger partial charge in [0.05, 0.1) is 5.60 Å². The van der Waals surface area contributed by atoms with Crippen molar-refractivity contribution in [1.29, 1.82) is 0 Å². The van der Waals surface area contributed by atoms with Gasteiger partial charge in [-0.2, -0.15) is 0 Å². The molecular formula is C24H40O2Si. The van der Waals surface area contributed by atoms with Crippen LogP contribution in [0, 0.1) is 29.1 Å². The molecule has 0 radical (unpaired) electrons. The second kappa shape index (κ2) is 6.06. The molecule has 0 spiro atoms. The van der Waals surface area contributed by atoms with E-state index >= 15 is 0 Å². The summed E-state index contributed by atoms with van der Waals surface area (Å²) in [5.74, 6) is 1.87. The van der Waals surface area contributed by atoms with Crippen LogP contribution in [0.1, 0.15) is 66.7 Å². The van der Waals surface area contributed by atoms with E-state index < -0.39 is 13.9 Å². The van der Waals surface area contributed by atoms with Gasteiger partial charge in [-0.25, -0.2) is 0 Å². The molecule has 4 rings (SSSR count). The molecule has 0 aromatic rings. The molecule has 27 heavy (non-hydrogen) atoms. The van der Waals surface area contributed by atoms with Crippen molar-refractivity contribution in [3.8, 4) is 0 Å². The van der Waals surface area contributed by atoms with Gasteiger partial charge in [-0.3, -0.25) is 0 Å². The molecule has 0 aromatic heterocycles. The van der Waals surface area contributed by atoms with E-state index in [4.69, 9.17) is 4.43 Å². The Morgan fingerprint density at radius 2 is 1.96 bits per heavy atom. The van der Waals surface area contributed by atoms with Gasteiger partial charge in [-0.1, -0.05) is 45.4 Å². The van der Waals surface area contributed by atoms with E-state index in [0.717, 1.165) is 19.4 Å². The van der Waals surface area contributed by atoms with Gasteiger partial charge in [-0.05, 0) is 85.9 Å². The maximum atomic E-state index is 12.2. The topological polar surface area (TPSA) is 29.5 Å². The largest absolute Gasteiger partial charge is 0.417 e. The third-order valence-corrected chi connectivity index (χ3v) is 13.8. The maximum Gasteiger partial charge on any atom is 0.191 e. The van der Waals surface area contributed by atoms with Gasteiger partial charge in [-0.15, -0.1) is 0 Å². The first-order chi connectivity index (χ1) is 12.4. The second-order valence-corrected chi connectivity index (χ2v) is 16.5. The first kappa shape index (κ1) is 19.9. The summed E-state index contributed by atoms with van der Waals surface area (Å²) < 4.78 is 6.66. The zero-order valence-electron chi connectivity index (χ0n) is 18.6. The van der Waals surface area contributed by atoms with E-state index in [9.17, 15) is 5.11 Å². The minimum absolute atomic E-state index is 0.240. The molecule has 0 bridgehead atoms. The molecule has 0 aliphatic heterocycles. The van der Waals surface area contributed by atoms with Crippen molar-refractivity contribution in [2.24, 2.45) is 29.1 Å².